The molecule has 2 aromatic rings. The van der Waals surface area contributed by atoms with E-state index in [1.54, 1.807) is 0 Å². The molecule has 4 aliphatic rings. The maximum atomic E-state index is 13.1. The Morgan fingerprint density at radius 2 is 0.889 bits per heavy atom. The number of nitrogens with zero attached hydrogens (tertiary/aromatic N) is 4. The Balaban J connectivity index is 0.687. The van der Waals surface area contributed by atoms with Crippen LogP contribution >= 0.6 is 0 Å². The highest BCUT2D eigenvalue weighted by Crippen LogP contribution is 2.40. The van der Waals surface area contributed by atoms with Crippen LogP contribution in [0.25, 0.3) is 0 Å². The topological polar surface area (TPSA) is 410 Å². The largest absolute Gasteiger partial charge is 0.481 e. The first-order valence-electron chi connectivity index (χ1n) is 28.5. The Kier molecular flexibility index (Phi) is 30.5. The second-order valence-electron chi connectivity index (χ2n) is 20.5. The zero-order chi connectivity index (χ0) is 65.0. The van der Waals surface area contributed by atoms with Crippen LogP contribution in [0.2, 0.25) is 0 Å². The number of carbonyl (C=O) groups excluding carboxylic acids is 3. The van der Waals surface area contributed by atoms with Crippen LogP contribution in [0.15, 0.2) is 24.8 Å². The number of aliphatic hydroxyl groups excluding tert-OH is 4. The van der Waals surface area contributed by atoms with Crippen molar-refractivity contribution in [2.24, 2.45) is 0 Å². The number of amides is 3. The molecule has 2 aromatic heterocycles. The number of ether oxygens (including phenoxy) is 14. The summed E-state index contributed by atoms with van der Waals surface area (Å²) in [5.41, 5.74) is -5.33. The number of nitrogens with one attached hydrogen (secondary N) is 5. The number of aromatic nitrogens is 4. The molecule has 4 saturated heterocycles. The third-order valence-electron chi connectivity index (χ3n) is 13.5. The molecule has 10 atom stereocenters. The van der Waals surface area contributed by atoms with Gasteiger partial charge in [0, 0.05) is 25.9 Å². The standard InChI is InChI=1S/C52H77F6N9O23/c53-51(54,55)33-22-59-24-35(64-33)66-41-43(73)45(75)49(30-87-47(41)89-49)28-85-19-17-81-15-13-79-11-9-77-7-3-61-37(68)1-5-83-26-32(63-39(70)21-40(71)72)27-84-6-2-38(69)62-4-8-78-10-12-80-14-16-82-18-20-86-29-50-31-88-48(90-50)42(44(74)46(50)76)67-36-25-60-23-34(65-36)52(56,57)58/h22-25,32,41-48,73-76H,1-21,26-31H2,(H,61,68)(H,62,69)(H,63,70)(H,64,66)(H,65,67)(H,71,72)/t41-,42-,43-,44-,45-,46-,47+,48+,49+,50+/m1/s1. The van der Waals surface area contributed by atoms with Gasteiger partial charge in [-0.2, -0.15) is 26.3 Å². The van der Waals surface area contributed by atoms with E-state index in [2.05, 4.69) is 46.5 Å². The van der Waals surface area contributed by atoms with Gasteiger partial charge in [0.2, 0.25) is 17.7 Å². The summed E-state index contributed by atoms with van der Waals surface area (Å²) in [6, 6.07) is -3.10. The van der Waals surface area contributed by atoms with E-state index in [4.69, 9.17) is 71.4 Å². The van der Waals surface area contributed by atoms with Crippen molar-refractivity contribution in [3.63, 3.8) is 0 Å². The fraction of sp³-hybridized carbons (Fsp3) is 0.769. The first-order chi connectivity index (χ1) is 43.1. The van der Waals surface area contributed by atoms with Crippen LogP contribution in [-0.2, 0) is 97.8 Å². The number of anilines is 2. The monoisotopic (exact) mass is 1310 g/mol. The van der Waals surface area contributed by atoms with Gasteiger partial charge in [-0.25, -0.2) is 9.97 Å². The molecule has 3 amide bonds. The zero-order valence-electron chi connectivity index (χ0n) is 48.7. The van der Waals surface area contributed by atoms with E-state index in [9.17, 15) is 65.9 Å². The highest BCUT2D eigenvalue weighted by Gasteiger charge is 2.61. The van der Waals surface area contributed by atoms with Gasteiger partial charge in [-0.15, -0.1) is 0 Å². The first kappa shape index (κ1) is 73.6. The number of hydrogen-bond donors (Lipinski definition) is 10. The van der Waals surface area contributed by atoms with Gasteiger partial charge in [0.25, 0.3) is 0 Å². The second kappa shape index (κ2) is 37.3. The molecule has 0 spiro atoms. The average Bonchev–Trinajstić information content (AvgIpc) is 1.59. The molecule has 38 heteroatoms. The fourth-order valence-electron chi connectivity index (χ4n) is 9.00. The predicted molar refractivity (Wildman–Crippen MR) is 288 cm³/mol. The molecule has 6 heterocycles. The molecule has 6 rings (SSSR count). The molecule has 0 aromatic carbocycles. The van der Waals surface area contributed by atoms with E-state index in [1.807, 2.05) is 0 Å². The van der Waals surface area contributed by atoms with Crippen molar-refractivity contribution in [2.75, 3.05) is 169 Å². The van der Waals surface area contributed by atoms with Gasteiger partial charge >= 0.3 is 18.3 Å². The van der Waals surface area contributed by atoms with Crippen LogP contribution in [0.3, 0.4) is 0 Å². The summed E-state index contributed by atoms with van der Waals surface area (Å²) in [6.07, 6.45) is -15.5. The van der Waals surface area contributed by atoms with Gasteiger partial charge in [-0.05, 0) is 0 Å². The molecule has 0 radical (unpaired) electrons. The van der Waals surface area contributed by atoms with Crippen LogP contribution in [0.4, 0.5) is 38.0 Å². The summed E-state index contributed by atoms with van der Waals surface area (Å²) in [4.78, 5) is 61.8. The van der Waals surface area contributed by atoms with Crippen molar-refractivity contribution < 1.29 is 137 Å². The molecule has 4 bridgehead atoms. The highest BCUT2D eigenvalue weighted by molar-refractivity contribution is 5.93. The minimum atomic E-state index is -4.74. The lowest BCUT2D eigenvalue weighted by Crippen LogP contribution is -2.64. The van der Waals surface area contributed by atoms with E-state index in [-0.39, 0.29) is 195 Å². The van der Waals surface area contributed by atoms with Gasteiger partial charge in [0.1, 0.15) is 65.8 Å². The first-order valence-corrected chi connectivity index (χ1v) is 28.5. The number of carboxylic acid groups (broad SMARTS) is 1. The van der Waals surface area contributed by atoms with Gasteiger partial charge in [-0.3, -0.25) is 29.1 Å². The van der Waals surface area contributed by atoms with Crippen molar-refractivity contribution in [1.29, 1.82) is 0 Å². The number of carbonyl (C=O) groups is 4. The molecule has 0 saturated carbocycles. The lowest BCUT2D eigenvalue weighted by molar-refractivity contribution is -0.230. The normalized spacial score (nSPS) is 24.7. The van der Waals surface area contributed by atoms with E-state index in [0.717, 1.165) is 12.4 Å². The average molecular weight is 1310 g/mol. The summed E-state index contributed by atoms with van der Waals surface area (Å²) in [6.45, 7) is 2.14. The number of aliphatic carboxylic acids is 1. The summed E-state index contributed by atoms with van der Waals surface area (Å²) >= 11 is 0. The molecule has 4 aliphatic heterocycles. The summed E-state index contributed by atoms with van der Waals surface area (Å²) in [5, 5.41) is 65.3. The van der Waals surface area contributed by atoms with E-state index in [0.29, 0.717) is 12.4 Å². The third-order valence-corrected chi connectivity index (χ3v) is 13.5. The summed E-state index contributed by atoms with van der Waals surface area (Å²) in [7, 11) is 0. The van der Waals surface area contributed by atoms with Crippen LogP contribution < -0.4 is 26.6 Å². The fourth-order valence-corrected chi connectivity index (χ4v) is 9.00. The Morgan fingerprint density at radius 3 is 1.26 bits per heavy atom. The molecule has 0 aliphatic carbocycles. The minimum Gasteiger partial charge on any atom is -0.481 e. The number of aliphatic hydroxyl groups is 4. The number of hydrogen-bond acceptors (Lipinski definition) is 28. The van der Waals surface area contributed by atoms with Gasteiger partial charge in [-0.1, -0.05) is 0 Å². The van der Waals surface area contributed by atoms with Crippen molar-refractivity contribution in [3.05, 3.63) is 36.2 Å². The predicted octanol–water partition coefficient (Wildman–Crippen LogP) is -2.60. The van der Waals surface area contributed by atoms with Crippen LogP contribution in [0, 0.1) is 0 Å². The van der Waals surface area contributed by atoms with Gasteiger partial charge in [0.15, 0.2) is 24.0 Å². The molecule has 4 fully saturated rings. The van der Waals surface area contributed by atoms with E-state index >= 15 is 0 Å². The number of carboxylic acids is 1. The summed E-state index contributed by atoms with van der Waals surface area (Å²) < 4.78 is 156. The second-order valence-corrected chi connectivity index (χ2v) is 20.5. The quantitative estimate of drug-likeness (QED) is 0.0185. The lowest BCUT2D eigenvalue weighted by atomic mass is 9.88. The Hall–Kier alpha value is -5.50. The maximum absolute atomic E-state index is 13.1. The van der Waals surface area contributed by atoms with Crippen molar-refractivity contribution in [1.82, 2.24) is 35.9 Å². The van der Waals surface area contributed by atoms with Crippen LogP contribution in [0.5, 0.6) is 0 Å². The van der Waals surface area contributed by atoms with Crippen molar-refractivity contribution in [3.8, 4) is 0 Å². The highest BCUT2D eigenvalue weighted by atomic mass is 19.4. The third kappa shape index (κ3) is 24.2. The smallest absolute Gasteiger partial charge is 0.434 e. The number of alkyl halides is 6. The molecule has 32 nitrogen and oxygen atoms in total. The number of halogens is 6. The van der Waals surface area contributed by atoms with E-state index < -0.39 is 108 Å². The maximum Gasteiger partial charge on any atom is 0.434 e. The summed E-state index contributed by atoms with van der Waals surface area (Å²) in [5.74, 6) is -3.40. The van der Waals surface area contributed by atoms with Crippen LogP contribution in [-0.4, -0.2) is 294 Å². The SMILES string of the molecule is O=C(O)CC(=O)NC(COCCC(=O)NCCOCCOCCOCCOC[C@@]12CO[C@@H](O1)[C@H](Nc1cncc(C(F)(F)F)n1)[C@@H](O)[C@H]2O)COCCC(=O)NCCOCCOCCOCCOC[C@@]12CO[C@@H](O1)[C@H](Nc1cncc(C(F)(F)F)n1)[C@@H](O)[C@H]2O. The lowest BCUT2D eigenvalue weighted by Gasteiger charge is -2.42. The van der Waals surface area contributed by atoms with E-state index in [1.165, 1.54) is 0 Å². The molecule has 510 valence electrons. The van der Waals surface area contributed by atoms with Gasteiger partial charge in [0.05, 0.1) is 176 Å². The van der Waals surface area contributed by atoms with Crippen molar-refractivity contribution >= 4 is 35.3 Å². The molecule has 90 heavy (non-hydrogen) atoms. The Morgan fingerprint density at radius 1 is 0.522 bits per heavy atom. The van der Waals surface area contributed by atoms with Crippen molar-refractivity contribution in [2.45, 2.75) is 97.9 Å². The molecular formula is C52H77F6N9O23. The molecule has 10 N–H and O–H groups in total. The zero-order valence-corrected chi connectivity index (χ0v) is 48.7. The minimum absolute atomic E-state index is 0.0335. The number of fused-ring (bicyclic) bond motifs is 4. The number of rotatable bonds is 45. The Labute approximate surface area is 510 Å². The molecule has 0 unspecified atom stereocenters. The van der Waals surface area contributed by atoms with Gasteiger partial charge < -0.3 is 118 Å². The Bertz CT molecular complexity index is 2350. The van der Waals surface area contributed by atoms with Crippen LogP contribution in [0.1, 0.15) is 30.7 Å². The molecular weight excluding hydrogens is 1230 g/mol.